The average Bonchev–Trinajstić information content (AvgIpc) is 2.59. The summed E-state index contributed by atoms with van der Waals surface area (Å²) in [5.74, 6) is 1.38. The van der Waals surface area contributed by atoms with Crippen LogP contribution in [0.1, 0.15) is 38.3 Å². The Balaban J connectivity index is 1.97. The van der Waals surface area contributed by atoms with Gasteiger partial charge in [0.2, 0.25) is 0 Å². The van der Waals surface area contributed by atoms with Crippen molar-refractivity contribution in [1.82, 2.24) is 0 Å². The van der Waals surface area contributed by atoms with E-state index < -0.39 is 6.10 Å². The second kappa shape index (κ2) is 8.56. The molecule has 0 saturated carbocycles. The van der Waals surface area contributed by atoms with Gasteiger partial charge in [-0.2, -0.15) is 0 Å². The Morgan fingerprint density at radius 1 is 1.00 bits per heavy atom. The Kier molecular flexibility index (Phi) is 6.45. The molecule has 2 rings (SSSR count). The van der Waals surface area contributed by atoms with Crippen molar-refractivity contribution < 1.29 is 14.3 Å². The second-order valence-electron chi connectivity index (χ2n) is 6.33. The molecule has 0 bridgehead atoms. The average molecular weight is 341 g/mol. The summed E-state index contributed by atoms with van der Waals surface area (Å²) < 4.78 is 11.6. The second-order valence-corrected chi connectivity index (χ2v) is 6.33. The molecule has 25 heavy (non-hydrogen) atoms. The third-order valence-electron chi connectivity index (χ3n) is 4.11. The maximum absolute atomic E-state index is 12.4. The van der Waals surface area contributed by atoms with Gasteiger partial charge >= 0.3 is 0 Å². The zero-order valence-corrected chi connectivity index (χ0v) is 15.6. The maximum atomic E-state index is 12.4. The van der Waals surface area contributed by atoms with Gasteiger partial charge in [0.25, 0.3) is 5.91 Å². The van der Waals surface area contributed by atoms with Crippen LogP contribution >= 0.6 is 0 Å². The van der Waals surface area contributed by atoms with Gasteiger partial charge in [0.15, 0.2) is 6.10 Å². The third kappa shape index (κ3) is 5.24. The molecule has 0 aliphatic rings. The lowest BCUT2D eigenvalue weighted by atomic mass is 10.1. The topological polar surface area (TPSA) is 47.6 Å². The minimum atomic E-state index is -0.587. The van der Waals surface area contributed by atoms with Crippen LogP contribution in [-0.2, 0) is 4.79 Å². The first-order valence-corrected chi connectivity index (χ1v) is 8.71. The summed E-state index contributed by atoms with van der Waals surface area (Å²) in [6.07, 6.45) is 0.535. The molecule has 0 fully saturated rings. The van der Waals surface area contributed by atoms with Crippen LogP contribution in [0.2, 0.25) is 0 Å². The molecule has 0 saturated heterocycles. The summed E-state index contributed by atoms with van der Waals surface area (Å²) in [4.78, 5) is 12.4. The summed E-state index contributed by atoms with van der Waals surface area (Å²) >= 11 is 0. The molecule has 0 spiro atoms. The number of benzene rings is 2. The van der Waals surface area contributed by atoms with Gasteiger partial charge < -0.3 is 14.8 Å². The van der Waals surface area contributed by atoms with Gasteiger partial charge in [-0.1, -0.05) is 25.1 Å². The molecular weight excluding hydrogens is 314 g/mol. The highest BCUT2D eigenvalue weighted by Crippen LogP contribution is 2.24. The first-order valence-electron chi connectivity index (χ1n) is 8.71. The predicted octanol–water partition coefficient (Wildman–Crippen LogP) is 4.89. The fraction of sp³-hybridized carbons (Fsp3) is 0.381. The van der Waals surface area contributed by atoms with Crippen molar-refractivity contribution in [3.8, 4) is 11.5 Å². The van der Waals surface area contributed by atoms with Crippen LogP contribution in [0.15, 0.2) is 42.5 Å². The van der Waals surface area contributed by atoms with Crippen LogP contribution in [0.25, 0.3) is 0 Å². The smallest absolute Gasteiger partial charge is 0.265 e. The summed E-state index contributed by atoms with van der Waals surface area (Å²) in [6, 6.07) is 13.3. The lowest BCUT2D eigenvalue weighted by molar-refractivity contribution is -0.122. The van der Waals surface area contributed by atoms with Crippen LogP contribution < -0.4 is 14.8 Å². The number of nitrogens with one attached hydrogen (secondary N) is 1. The van der Waals surface area contributed by atoms with E-state index in [9.17, 15) is 4.79 Å². The molecular formula is C21H27NO3. The highest BCUT2D eigenvalue weighted by Gasteiger charge is 2.17. The fourth-order valence-corrected chi connectivity index (χ4v) is 2.39. The van der Waals surface area contributed by atoms with E-state index in [2.05, 4.69) is 12.2 Å². The Morgan fingerprint density at radius 2 is 1.60 bits per heavy atom. The van der Waals surface area contributed by atoms with Crippen molar-refractivity contribution in [2.45, 2.75) is 53.2 Å². The molecule has 0 aliphatic heterocycles. The number of carbonyl (C=O) groups excluding carboxylic acids is 1. The lowest BCUT2D eigenvalue weighted by Gasteiger charge is -2.18. The Morgan fingerprint density at radius 3 is 2.16 bits per heavy atom. The van der Waals surface area contributed by atoms with E-state index >= 15 is 0 Å². The number of hydrogen-bond acceptors (Lipinski definition) is 3. The van der Waals surface area contributed by atoms with E-state index in [1.807, 2.05) is 63.2 Å². The monoisotopic (exact) mass is 341 g/mol. The maximum Gasteiger partial charge on any atom is 0.265 e. The SMILES string of the molecule is CCC(C)Oc1ccc(NC(=O)C(C)Oc2c(C)cccc2C)cc1. The number of rotatable bonds is 7. The van der Waals surface area contributed by atoms with Gasteiger partial charge in [0.1, 0.15) is 11.5 Å². The van der Waals surface area contributed by atoms with E-state index in [4.69, 9.17) is 9.47 Å². The van der Waals surface area contributed by atoms with E-state index in [-0.39, 0.29) is 12.0 Å². The van der Waals surface area contributed by atoms with E-state index in [0.29, 0.717) is 0 Å². The fourth-order valence-electron chi connectivity index (χ4n) is 2.39. The standard InChI is InChI=1S/C21H27NO3/c1-6-16(4)24-19-12-10-18(11-13-19)22-21(23)17(5)25-20-14(2)8-7-9-15(20)3/h7-13,16-17H,6H2,1-5H3,(H,22,23). The van der Waals surface area contributed by atoms with Crippen LogP contribution in [0.5, 0.6) is 11.5 Å². The summed E-state index contributed by atoms with van der Waals surface area (Å²) in [7, 11) is 0. The molecule has 1 amide bonds. The molecule has 0 heterocycles. The number of aryl methyl sites for hydroxylation is 2. The first-order chi connectivity index (χ1) is 11.9. The Labute approximate surface area is 150 Å². The molecule has 4 nitrogen and oxygen atoms in total. The minimum Gasteiger partial charge on any atom is -0.491 e. The summed E-state index contributed by atoms with van der Waals surface area (Å²) in [6.45, 7) is 9.81. The van der Waals surface area contributed by atoms with Crippen molar-refractivity contribution >= 4 is 11.6 Å². The van der Waals surface area contributed by atoms with E-state index in [1.165, 1.54) is 0 Å². The van der Waals surface area contributed by atoms with Crippen LogP contribution in [0.4, 0.5) is 5.69 Å². The highest BCUT2D eigenvalue weighted by atomic mass is 16.5. The molecule has 2 aromatic carbocycles. The van der Waals surface area contributed by atoms with E-state index in [1.54, 1.807) is 6.92 Å². The van der Waals surface area contributed by atoms with E-state index in [0.717, 1.165) is 34.7 Å². The Hall–Kier alpha value is -2.49. The molecule has 134 valence electrons. The van der Waals surface area contributed by atoms with Crippen LogP contribution in [0, 0.1) is 13.8 Å². The number of hydrogen-bond donors (Lipinski definition) is 1. The molecule has 0 aromatic heterocycles. The molecule has 1 N–H and O–H groups in total. The van der Waals surface area contributed by atoms with Crippen molar-refractivity contribution in [3.63, 3.8) is 0 Å². The number of para-hydroxylation sites is 1. The quantitative estimate of drug-likeness (QED) is 0.780. The summed E-state index contributed by atoms with van der Waals surface area (Å²) in [5, 5.41) is 2.88. The van der Waals surface area contributed by atoms with Gasteiger partial charge in [-0.15, -0.1) is 0 Å². The van der Waals surface area contributed by atoms with Crippen molar-refractivity contribution in [1.29, 1.82) is 0 Å². The molecule has 2 aromatic rings. The van der Waals surface area contributed by atoms with Gasteiger partial charge in [0.05, 0.1) is 6.10 Å². The molecule has 0 aliphatic carbocycles. The number of carbonyl (C=O) groups is 1. The largest absolute Gasteiger partial charge is 0.491 e. The summed E-state index contributed by atoms with van der Waals surface area (Å²) in [5.41, 5.74) is 2.76. The molecule has 2 unspecified atom stereocenters. The molecule has 4 heteroatoms. The van der Waals surface area contributed by atoms with Crippen molar-refractivity contribution in [3.05, 3.63) is 53.6 Å². The van der Waals surface area contributed by atoms with Crippen LogP contribution in [-0.4, -0.2) is 18.1 Å². The van der Waals surface area contributed by atoms with Gasteiger partial charge in [-0.25, -0.2) is 0 Å². The van der Waals surface area contributed by atoms with Gasteiger partial charge in [-0.05, 0) is 69.5 Å². The van der Waals surface area contributed by atoms with Crippen LogP contribution in [0.3, 0.4) is 0 Å². The van der Waals surface area contributed by atoms with Gasteiger partial charge in [-0.3, -0.25) is 4.79 Å². The molecule has 2 atom stereocenters. The van der Waals surface area contributed by atoms with Gasteiger partial charge in [0, 0.05) is 5.69 Å². The third-order valence-corrected chi connectivity index (χ3v) is 4.11. The number of ether oxygens (including phenoxy) is 2. The number of amides is 1. The minimum absolute atomic E-state index is 0.172. The van der Waals surface area contributed by atoms with Crippen molar-refractivity contribution in [2.75, 3.05) is 5.32 Å². The first kappa shape index (κ1) is 18.8. The lowest BCUT2D eigenvalue weighted by Crippen LogP contribution is -2.30. The Bertz CT molecular complexity index is 689. The normalized spacial score (nSPS) is 13.0. The predicted molar refractivity (Wildman–Crippen MR) is 101 cm³/mol. The zero-order valence-electron chi connectivity index (χ0n) is 15.6. The molecule has 0 radical (unpaired) electrons. The highest BCUT2D eigenvalue weighted by molar-refractivity contribution is 5.94. The van der Waals surface area contributed by atoms with Crippen molar-refractivity contribution in [2.24, 2.45) is 0 Å². The number of anilines is 1. The zero-order chi connectivity index (χ0) is 18.4.